The average molecular weight is 375 g/mol. The zero-order valence-electron chi connectivity index (χ0n) is 13.1. The summed E-state index contributed by atoms with van der Waals surface area (Å²) in [6.45, 7) is 0. The second kappa shape index (κ2) is 8.27. The SMILES string of the molecule is O=C(CSc1cc(F)ccc1F)N[C@@H](c1ccccc1)c1cccs1. The molecule has 0 bridgehead atoms. The Morgan fingerprint density at radius 2 is 1.88 bits per heavy atom. The van der Waals surface area contributed by atoms with Crippen LogP contribution in [-0.2, 0) is 4.79 Å². The van der Waals surface area contributed by atoms with E-state index in [2.05, 4.69) is 5.32 Å². The lowest BCUT2D eigenvalue weighted by Gasteiger charge is -2.18. The number of rotatable bonds is 6. The molecule has 2 aromatic carbocycles. The van der Waals surface area contributed by atoms with Crippen LogP contribution in [0.25, 0.3) is 0 Å². The molecule has 0 radical (unpaired) electrons. The summed E-state index contributed by atoms with van der Waals surface area (Å²) in [5.74, 6) is -1.28. The predicted molar refractivity (Wildman–Crippen MR) is 97.8 cm³/mol. The molecular formula is C19H15F2NOS2. The molecule has 0 saturated carbocycles. The maximum Gasteiger partial charge on any atom is 0.231 e. The molecule has 1 aromatic heterocycles. The lowest BCUT2D eigenvalue weighted by atomic mass is 10.1. The first-order valence-electron chi connectivity index (χ1n) is 7.59. The van der Waals surface area contributed by atoms with Gasteiger partial charge in [-0.25, -0.2) is 8.78 Å². The summed E-state index contributed by atoms with van der Waals surface area (Å²) < 4.78 is 26.9. The fourth-order valence-corrected chi connectivity index (χ4v) is 3.93. The number of nitrogens with one attached hydrogen (secondary N) is 1. The first-order valence-corrected chi connectivity index (χ1v) is 9.45. The quantitative estimate of drug-likeness (QED) is 0.613. The molecular weight excluding hydrogens is 360 g/mol. The van der Waals surface area contributed by atoms with Gasteiger partial charge in [0.25, 0.3) is 0 Å². The van der Waals surface area contributed by atoms with E-state index < -0.39 is 11.6 Å². The number of hydrogen-bond donors (Lipinski definition) is 1. The van der Waals surface area contributed by atoms with E-state index in [0.29, 0.717) is 0 Å². The molecule has 1 amide bonds. The summed E-state index contributed by atoms with van der Waals surface area (Å²) in [5, 5.41) is 4.93. The Morgan fingerprint density at radius 1 is 1.08 bits per heavy atom. The number of carbonyl (C=O) groups excluding carboxylic acids is 1. The summed E-state index contributed by atoms with van der Waals surface area (Å²) in [6, 6.07) is 16.5. The molecule has 0 aliphatic rings. The van der Waals surface area contributed by atoms with Gasteiger partial charge in [0.2, 0.25) is 5.91 Å². The highest BCUT2D eigenvalue weighted by molar-refractivity contribution is 8.00. The van der Waals surface area contributed by atoms with Crippen LogP contribution in [0.15, 0.2) is 70.9 Å². The van der Waals surface area contributed by atoms with Crippen LogP contribution < -0.4 is 5.32 Å². The molecule has 25 heavy (non-hydrogen) atoms. The van der Waals surface area contributed by atoms with E-state index in [1.165, 1.54) is 0 Å². The van der Waals surface area contributed by atoms with Gasteiger partial charge in [0.05, 0.1) is 11.8 Å². The lowest BCUT2D eigenvalue weighted by Crippen LogP contribution is -2.30. The highest BCUT2D eigenvalue weighted by Crippen LogP contribution is 2.27. The maximum absolute atomic E-state index is 13.7. The third kappa shape index (κ3) is 4.67. The van der Waals surface area contributed by atoms with Crippen LogP contribution in [0.2, 0.25) is 0 Å². The minimum Gasteiger partial charge on any atom is -0.344 e. The number of benzene rings is 2. The standard InChI is InChI=1S/C19H15F2NOS2/c20-14-8-9-15(21)17(11-14)25-12-18(23)22-19(16-7-4-10-24-16)13-5-2-1-3-6-13/h1-11,19H,12H2,(H,22,23)/t19-/m0/s1. The van der Waals surface area contributed by atoms with E-state index in [9.17, 15) is 13.6 Å². The largest absolute Gasteiger partial charge is 0.344 e. The van der Waals surface area contributed by atoms with Crippen molar-refractivity contribution in [2.45, 2.75) is 10.9 Å². The summed E-state index contributed by atoms with van der Waals surface area (Å²) in [4.78, 5) is 13.5. The van der Waals surface area contributed by atoms with Gasteiger partial charge in [-0.2, -0.15) is 0 Å². The van der Waals surface area contributed by atoms with Crippen molar-refractivity contribution in [1.29, 1.82) is 0 Å². The van der Waals surface area contributed by atoms with Crippen molar-refractivity contribution >= 4 is 29.0 Å². The van der Waals surface area contributed by atoms with E-state index >= 15 is 0 Å². The molecule has 0 saturated heterocycles. The number of hydrogen-bond acceptors (Lipinski definition) is 3. The molecule has 0 unspecified atom stereocenters. The van der Waals surface area contributed by atoms with Crippen LogP contribution >= 0.6 is 23.1 Å². The first kappa shape index (κ1) is 17.6. The lowest BCUT2D eigenvalue weighted by molar-refractivity contribution is -0.119. The first-order chi connectivity index (χ1) is 12.1. The number of thioether (sulfide) groups is 1. The zero-order chi connectivity index (χ0) is 17.6. The van der Waals surface area contributed by atoms with Crippen LogP contribution in [-0.4, -0.2) is 11.7 Å². The van der Waals surface area contributed by atoms with Crippen molar-refractivity contribution in [2.24, 2.45) is 0 Å². The van der Waals surface area contributed by atoms with Crippen molar-refractivity contribution < 1.29 is 13.6 Å². The normalized spacial score (nSPS) is 11.9. The summed E-state index contributed by atoms with van der Waals surface area (Å²) >= 11 is 2.54. The van der Waals surface area contributed by atoms with Crippen molar-refractivity contribution in [3.63, 3.8) is 0 Å². The van der Waals surface area contributed by atoms with Crippen molar-refractivity contribution in [1.82, 2.24) is 5.32 Å². The molecule has 0 spiro atoms. The predicted octanol–water partition coefficient (Wildman–Crippen LogP) is 5.02. The van der Waals surface area contributed by atoms with Gasteiger partial charge in [0, 0.05) is 9.77 Å². The molecule has 0 aliphatic heterocycles. The van der Waals surface area contributed by atoms with Gasteiger partial charge in [-0.1, -0.05) is 36.4 Å². The third-order valence-electron chi connectivity index (χ3n) is 3.52. The molecule has 3 rings (SSSR count). The third-order valence-corrected chi connectivity index (χ3v) is 5.49. The Hall–Kier alpha value is -2.18. The fraction of sp³-hybridized carbons (Fsp3) is 0.105. The van der Waals surface area contributed by atoms with E-state index in [1.54, 1.807) is 11.3 Å². The number of carbonyl (C=O) groups is 1. The van der Waals surface area contributed by atoms with Gasteiger partial charge in [0.15, 0.2) is 0 Å². The van der Waals surface area contributed by atoms with E-state index in [-0.39, 0.29) is 22.6 Å². The van der Waals surface area contributed by atoms with Gasteiger partial charge < -0.3 is 5.32 Å². The molecule has 0 aliphatic carbocycles. The van der Waals surface area contributed by atoms with Crippen molar-refractivity contribution in [3.8, 4) is 0 Å². The van der Waals surface area contributed by atoms with E-state index in [0.717, 1.165) is 40.4 Å². The smallest absolute Gasteiger partial charge is 0.231 e. The summed E-state index contributed by atoms with van der Waals surface area (Å²) in [7, 11) is 0. The molecule has 3 aromatic rings. The molecule has 1 heterocycles. The molecule has 128 valence electrons. The topological polar surface area (TPSA) is 29.1 Å². The number of thiophene rings is 1. The average Bonchev–Trinajstić information content (AvgIpc) is 3.15. The molecule has 0 fully saturated rings. The summed E-state index contributed by atoms with van der Waals surface area (Å²) in [6.07, 6.45) is 0. The molecule has 6 heteroatoms. The zero-order valence-corrected chi connectivity index (χ0v) is 14.7. The van der Waals surface area contributed by atoms with Crippen LogP contribution in [0.5, 0.6) is 0 Å². The molecule has 1 atom stereocenters. The van der Waals surface area contributed by atoms with Gasteiger partial charge in [0.1, 0.15) is 11.6 Å². The van der Waals surface area contributed by atoms with Gasteiger partial charge >= 0.3 is 0 Å². The van der Waals surface area contributed by atoms with Crippen LogP contribution in [0.1, 0.15) is 16.5 Å². The Kier molecular flexibility index (Phi) is 5.83. The molecule has 2 nitrogen and oxygen atoms in total. The Balaban J connectivity index is 1.70. The molecule has 1 N–H and O–H groups in total. The van der Waals surface area contributed by atoms with Gasteiger partial charge in [-0.3, -0.25) is 4.79 Å². The summed E-state index contributed by atoms with van der Waals surface area (Å²) in [5.41, 5.74) is 0.972. The maximum atomic E-state index is 13.7. The Labute approximate surface area is 152 Å². The fourth-order valence-electron chi connectivity index (χ4n) is 2.35. The highest BCUT2D eigenvalue weighted by Gasteiger charge is 2.18. The minimum absolute atomic E-state index is 0.00901. The van der Waals surface area contributed by atoms with E-state index in [4.69, 9.17) is 0 Å². The number of halogens is 2. The van der Waals surface area contributed by atoms with Gasteiger partial charge in [-0.05, 0) is 35.2 Å². The Morgan fingerprint density at radius 3 is 2.60 bits per heavy atom. The monoisotopic (exact) mass is 375 g/mol. The van der Waals surface area contributed by atoms with Crippen LogP contribution in [0.4, 0.5) is 8.78 Å². The second-order valence-corrected chi connectivity index (χ2v) is 7.29. The Bertz CT molecular complexity index is 838. The van der Waals surface area contributed by atoms with Gasteiger partial charge in [-0.15, -0.1) is 23.1 Å². The highest BCUT2D eigenvalue weighted by atomic mass is 32.2. The van der Waals surface area contributed by atoms with Crippen molar-refractivity contribution in [2.75, 3.05) is 5.75 Å². The van der Waals surface area contributed by atoms with E-state index in [1.807, 2.05) is 47.8 Å². The van der Waals surface area contributed by atoms with Crippen LogP contribution in [0.3, 0.4) is 0 Å². The minimum atomic E-state index is -0.530. The van der Waals surface area contributed by atoms with Crippen molar-refractivity contribution in [3.05, 3.63) is 88.1 Å². The number of amides is 1. The second-order valence-electron chi connectivity index (χ2n) is 5.29. The van der Waals surface area contributed by atoms with Crippen LogP contribution in [0, 0.1) is 11.6 Å².